The van der Waals surface area contributed by atoms with Crippen molar-refractivity contribution in [3.63, 3.8) is 0 Å². The summed E-state index contributed by atoms with van der Waals surface area (Å²) in [4.78, 5) is 21.6. The summed E-state index contributed by atoms with van der Waals surface area (Å²) in [6, 6.07) is 0. The predicted molar refractivity (Wildman–Crippen MR) is 52.0 cm³/mol. The Kier molecular flexibility index (Phi) is 4.74. The van der Waals surface area contributed by atoms with Gasteiger partial charge in [-0.15, -0.1) is 0 Å². The number of Topliss-reactive ketones (excluding diaryl/α,β-unsaturated/α-hetero) is 1. The fourth-order valence-electron chi connectivity index (χ4n) is 0.899. The number of ketones is 1. The van der Waals surface area contributed by atoms with E-state index >= 15 is 0 Å². The molecule has 1 aliphatic rings. The Hall–Kier alpha value is -1.38. The van der Waals surface area contributed by atoms with Crippen molar-refractivity contribution in [1.82, 2.24) is 5.32 Å². The maximum atomic E-state index is 10.9. The van der Waals surface area contributed by atoms with E-state index in [1.165, 1.54) is 0 Å². The van der Waals surface area contributed by atoms with E-state index in [0.29, 0.717) is 11.3 Å². The van der Waals surface area contributed by atoms with Crippen LogP contribution in [0, 0.1) is 0 Å². The van der Waals surface area contributed by atoms with Crippen molar-refractivity contribution in [2.75, 3.05) is 0 Å². The van der Waals surface area contributed by atoms with Gasteiger partial charge in [-0.1, -0.05) is 19.9 Å². The number of hydrogen-bond acceptors (Lipinski definition) is 2. The van der Waals surface area contributed by atoms with Gasteiger partial charge in [0.2, 0.25) is 5.78 Å². The average molecular weight is 181 g/mol. The highest BCUT2D eigenvalue weighted by atomic mass is 16.2. The van der Waals surface area contributed by atoms with Gasteiger partial charge in [0.15, 0.2) is 0 Å². The topological polar surface area (TPSA) is 46.2 Å². The van der Waals surface area contributed by atoms with Gasteiger partial charge in [0.25, 0.3) is 5.91 Å². The lowest BCUT2D eigenvalue weighted by Crippen LogP contribution is -2.20. The van der Waals surface area contributed by atoms with Gasteiger partial charge in [-0.2, -0.15) is 0 Å². The van der Waals surface area contributed by atoms with Gasteiger partial charge in [-0.3, -0.25) is 9.59 Å². The zero-order chi connectivity index (χ0) is 10.4. The van der Waals surface area contributed by atoms with Crippen LogP contribution in [0.2, 0.25) is 0 Å². The van der Waals surface area contributed by atoms with Gasteiger partial charge < -0.3 is 5.32 Å². The zero-order valence-electron chi connectivity index (χ0n) is 8.47. The SMILES string of the molecule is C/C=C\C1=C(C)C(=O)C(=O)N1.CC. The first-order valence-corrected chi connectivity index (χ1v) is 4.36. The van der Waals surface area contributed by atoms with E-state index in [4.69, 9.17) is 0 Å². The summed E-state index contributed by atoms with van der Waals surface area (Å²) in [7, 11) is 0. The molecule has 0 radical (unpaired) electrons. The molecule has 0 saturated heterocycles. The van der Waals surface area contributed by atoms with Crippen molar-refractivity contribution in [3.05, 3.63) is 23.4 Å². The molecule has 1 aliphatic heterocycles. The quantitative estimate of drug-likeness (QED) is 0.624. The number of rotatable bonds is 1. The minimum atomic E-state index is -0.532. The van der Waals surface area contributed by atoms with Crippen LogP contribution < -0.4 is 5.32 Å². The molecule has 0 aromatic rings. The Morgan fingerprint density at radius 1 is 1.23 bits per heavy atom. The molecule has 13 heavy (non-hydrogen) atoms. The third kappa shape index (κ3) is 2.54. The van der Waals surface area contributed by atoms with Crippen LogP contribution in [-0.4, -0.2) is 11.7 Å². The molecule has 0 atom stereocenters. The van der Waals surface area contributed by atoms with E-state index in [1.807, 2.05) is 20.8 Å². The van der Waals surface area contributed by atoms with Crippen LogP contribution in [-0.2, 0) is 9.59 Å². The second-order valence-corrected chi connectivity index (χ2v) is 2.32. The predicted octanol–water partition coefficient (Wildman–Crippen LogP) is 1.56. The Morgan fingerprint density at radius 3 is 2.08 bits per heavy atom. The van der Waals surface area contributed by atoms with Crippen LogP contribution in [0.15, 0.2) is 23.4 Å². The van der Waals surface area contributed by atoms with E-state index in [9.17, 15) is 9.59 Å². The van der Waals surface area contributed by atoms with Crippen LogP contribution >= 0.6 is 0 Å². The van der Waals surface area contributed by atoms with Crippen molar-refractivity contribution >= 4 is 11.7 Å². The van der Waals surface area contributed by atoms with Crippen LogP contribution in [0.3, 0.4) is 0 Å². The lowest BCUT2D eigenvalue weighted by Gasteiger charge is -1.91. The van der Waals surface area contributed by atoms with Gasteiger partial charge in [0.05, 0.1) is 0 Å². The van der Waals surface area contributed by atoms with Crippen LogP contribution in [0.5, 0.6) is 0 Å². The third-order valence-electron chi connectivity index (χ3n) is 1.53. The molecule has 3 nitrogen and oxygen atoms in total. The van der Waals surface area contributed by atoms with Crippen LogP contribution in [0.1, 0.15) is 27.7 Å². The molecule has 0 saturated carbocycles. The molecule has 72 valence electrons. The van der Waals surface area contributed by atoms with Crippen molar-refractivity contribution in [3.8, 4) is 0 Å². The molecule has 1 rings (SSSR count). The van der Waals surface area contributed by atoms with E-state index in [-0.39, 0.29) is 0 Å². The lowest BCUT2D eigenvalue weighted by molar-refractivity contribution is -0.134. The van der Waals surface area contributed by atoms with Gasteiger partial charge in [0, 0.05) is 11.3 Å². The maximum absolute atomic E-state index is 10.9. The number of amides is 1. The van der Waals surface area contributed by atoms with Crippen molar-refractivity contribution in [1.29, 1.82) is 0 Å². The van der Waals surface area contributed by atoms with Crippen molar-refractivity contribution in [2.24, 2.45) is 0 Å². The molecule has 0 aliphatic carbocycles. The van der Waals surface area contributed by atoms with Gasteiger partial charge in [-0.25, -0.2) is 0 Å². The second kappa shape index (κ2) is 5.30. The first-order valence-electron chi connectivity index (χ1n) is 4.36. The number of carbonyl (C=O) groups excluding carboxylic acids is 2. The second-order valence-electron chi connectivity index (χ2n) is 2.32. The fourth-order valence-corrected chi connectivity index (χ4v) is 0.899. The molecular formula is C10H15NO2. The van der Waals surface area contributed by atoms with Crippen LogP contribution in [0.4, 0.5) is 0 Å². The molecule has 3 heteroatoms. The Morgan fingerprint density at radius 2 is 1.77 bits per heavy atom. The van der Waals surface area contributed by atoms with E-state index in [2.05, 4.69) is 5.32 Å². The summed E-state index contributed by atoms with van der Waals surface area (Å²) in [5.41, 5.74) is 1.11. The largest absolute Gasteiger partial charge is 0.319 e. The van der Waals surface area contributed by atoms with Crippen molar-refractivity contribution < 1.29 is 9.59 Å². The first-order chi connectivity index (χ1) is 6.16. The Balaban J connectivity index is 0.000000671. The monoisotopic (exact) mass is 181 g/mol. The van der Waals surface area contributed by atoms with E-state index < -0.39 is 11.7 Å². The lowest BCUT2D eigenvalue weighted by atomic mass is 10.2. The maximum Gasteiger partial charge on any atom is 0.296 e. The summed E-state index contributed by atoms with van der Waals surface area (Å²) in [6.07, 6.45) is 3.48. The number of carbonyl (C=O) groups is 2. The van der Waals surface area contributed by atoms with Gasteiger partial charge >= 0.3 is 0 Å². The van der Waals surface area contributed by atoms with E-state index in [0.717, 1.165) is 0 Å². The van der Waals surface area contributed by atoms with Crippen LogP contribution in [0.25, 0.3) is 0 Å². The summed E-state index contributed by atoms with van der Waals surface area (Å²) in [5.74, 6) is -0.964. The molecule has 1 N–H and O–H groups in total. The zero-order valence-corrected chi connectivity index (χ0v) is 8.47. The van der Waals surface area contributed by atoms with E-state index in [1.54, 1.807) is 19.1 Å². The number of nitrogens with one attached hydrogen (secondary N) is 1. The standard InChI is InChI=1S/C8H9NO2.C2H6/c1-3-4-6-5(2)7(10)8(11)9-6;1-2/h3-4H,1-2H3,(H,9,10,11);1-2H3/b4-3-;. The smallest absolute Gasteiger partial charge is 0.296 e. The molecule has 0 spiro atoms. The summed E-state index contributed by atoms with van der Waals surface area (Å²) in [6.45, 7) is 7.46. The molecule has 1 amide bonds. The highest BCUT2D eigenvalue weighted by Crippen LogP contribution is 2.10. The Labute approximate surface area is 78.5 Å². The molecule has 0 fully saturated rings. The normalized spacial score (nSPS) is 16.0. The van der Waals surface area contributed by atoms with Gasteiger partial charge in [0.1, 0.15) is 0 Å². The summed E-state index contributed by atoms with van der Waals surface area (Å²) < 4.78 is 0. The summed E-state index contributed by atoms with van der Waals surface area (Å²) >= 11 is 0. The molecular weight excluding hydrogens is 166 g/mol. The average Bonchev–Trinajstić information content (AvgIpc) is 2.38. The minimum absolute atomic E-state index is 0.432. The highest BCUT2D eigenvalue weighted by molar-refractivity contribution is 6.45. The third-order valence-corrected chi connectivity index (χ3v) is 1.53. The number of hydrogen-bond donors (Lipinski definition) is 1. The number of allylic oxidation sites excluding steroid dienone is 2. The molecule has 0 aromatic carbocycles. The van der Waals surface area contributed by atoms with Crippen molar-refractivity contribution in [2.45, 2.75) is 27.7 Å². The molecule has 0 unspecified atom stereocenters. The highest BCUT2D eigenvalue weighted by Gasteiger charge is 2.25. The molecule has 1 heterocycles. The molecule has 0 aromatic heterocycles. The fraction of sp³-hybridized carbons (Fsp3) is 0.400. The van der Waals surface area contributed by atoms with Gasteiger partial charge in [-0.05, 0) is 19.9 Å². The molecule has 0 bridgehead atoms. The summed E-state index contributed by atoms with van der Waals surface area (Å²) in [5, 5.41) is 2.46. The minimum Gasteiger partial charge on any atom is -0.319 e. The Bertz CT molecular complexity index is 275. The first kappa shape index (κ1) is 11.6.